The van der Waals surface area contributed by atoms with E-state index in [0.29, 0.717) is 16.3 Å². The highest BCUT2D eigenvalue weighted by atomic mass is 35.5. The van der Waals surface area contributed by atoms with E-state index in [0.717, 1.165) is 0 Å². The van der Waals surface area contributed by atoms with Crippen molar-refractivity contribution in [1.82, 2.24) is 0 Å². The fourth-order valence-corrected chi connectivity index (χ4v) is 1.79. The number of hydrogen-bond donors (Lipinski definition) is 1. The maximum absolute atomic E-state index is 12.7. The van der Waals surface area contributed by atoms with Gasteiger partial charge in [-0.25, -0.2) is 4.39 Å². The van der Waals surface area contributed by atoms with Gasteiger partial charge in [-0.1, -0.05) is 17.7 Å². The minimum absolute atomic E-state index is 0.251. The molecule has 0 aliphatic rings. The molecule has 0 aromatic heterocycles. The van der Waals surface area contributed by atoms with Crippen LogP contribution in [0.5, 0.6) is 0 Å². The Hall–Kier alpha value is -1.87. The lowest BCUT2D eigenvalue weighted by Gasteiger charge is -2.06. The lowest BCUT2D eigenvalue weighted by molar-refractivity contribution is 0.103. The maximum Gasteiger partial charge on any atom is 0.196 e. The van der Waals surface area contributed by atoms with Gasteiger partial charge in [-0.3, -0.25) is 4.79 Å². The van der Waals surface area contributed by atoms with Crippen molar-refractivity contribution in [2.24, 2.45) is 0 Å². The van der Waals surface area contributed by atoms with Crippen molar-refractivity contribution in [2.75, 3.05) is 5.73 Å². The lowest BCUT2D eigenvalue weighted by atomic mass is 10.0. The van der Waals surface area contributed by atoms with Gasteiger partial charge in [-0.2, -0.15) is 0 Å². The molecule has 0 spiro atoms. The summed E-state index contributed by atoms with van der Waals surface area (Å²) in [5.74, 6) is -0.707. The Bertz CT molecular complexity index is 546. The number of nitrogen functional groups attached to an aromatic ring is 1. The highest BCUT2D eigenvalue weighted by Gasteiger charge is 2.15. The summed E-state index contributed by atoms with van der Waals surface area (Å²) in [6.07, 6.45) is 0. The molecule has 0 atom stereocenters. The monoisotopic (exact) mass is 249 g/mol. The molecule has 0 unspecified atom stereocenters. The van der Waals surface area contributed by atoms with Crippen LogP contribution in [0.1, 0.15) is 15.9 Å². The van der Waals surface area contributed by atoms with E-state index in [1.54, 1.807) is 18.2 Å². The number of halogens is 2. The zero-order valence-corrected chi connectivity index (χ0v) is 9.54. The molecule has 2 N–H and O–H groups in total. The van der Waals surface area contributed by atoms with E-state index >= 15 is 0 Å². The van der Waals surface area contributed by atoms with Gasteiger partial charge < -0.3 is 5.73 Å². The second-order valence-electron chi connectivity index (χ2n) is 3.54. The van der Waals surface area contributed by atoms with E-state index in [9.17, 15) is 9.18 Å². The van der Waals surface area contributed by atoms with Crippen LogP contribution in [0.3, 0.4) is 0 Å². The molecule has 0 radical (unpaired) electrons. The van der Waals surface area contributed by atoms with E-state index in [-0.39, 0.29) is 11.3 Å². The Morgan fingerprint density at radius 2 is 1.76 bits per heavy atom. The second-order valence-corrected chi connectivity index (χ2v) is 3.95. The van der Waals surface area contributed by atoms with Crippen LogP contribution < -0.4 is 5.73 Å². The Balaban J connectivity index is 2.47. The Labute approximate surface area is 103 Å². The Morgan fingerprint density at radius 1 is 1.12 bits per heavy atom. The van der Waals surface area contributed by atoms with E-state index in [1.165, 1.54) is 24.3 Å². The molecule has 4 heteroatoms. The number of carbonyl (C=O) groups excluding carboxylic acids is 1. The summed E-state index contributed by atoms with van der Waals surface area (Å²) in [7, 11) is 0. The van der Waals surface area contributed by atoms with Gasteiger partial charge in [0.1, 0.15) is 5.82 Å². The van der Waals surface area contributed by atoms with Crippen molar-refractivity contribution in [3.05, 3.63) is 64.4 Å². The summed E-state index contributed by atoms with van der Waals surface area (Å²) in [5.41, 5.74) is 6.63. The summed E-state index contributed by atoms with van der Waals surface area (Å²) in [5, 5.41) is 0.291. The zero-order chi connectivity index (χ0) is 12.4. The maximum atomic E-state index is 12.7. The third kappa shape index (κ3) is 2.29. The van der Waals surface area contributed by atoms with Gasteiger partial charge in [0.05, 0.1) is 10.6 Å². The molecule has 0 saturated carbocycles. The van der Waals surface area contributed by atoms with Crippen LogP contribution in [0.4, 0.5) is 10.1 Å². The molecule has 0 amide bonds. The van der Waals surface area contributed by atoms with Crippen LogP contribution in [-0.4, -0.2) is 5.78 Å². The van der Waals surface area contributed by atoms with Crippen molar-refractivity contribution in [3.8, 4) is 0 Å². The molecule has 2 aromatic carbocycles. The molecule has 0 fully saturated rings. The van der Waals surface area contributed by atoms with Crippen molar-refractivity contribution in [1.29, 1.82) is 0 Å². The standard InChI is InChI=1S/C13H9ClFNO/c14-10-2-1-3-11(16)12(10)13(17)8-4-6-9(15)7-5-8/h1-7H,16H2. The molecule has 0 aliphatic heterocycles. The number of nitrogens with two attached hydrogens (primary N) is 1. The van der Waals surface area contributed by atoms with Gasteiger partial charge in [0, 0.05) is 11.3 Å². The summed E-state index contributed by atoms with van der Waals surface area (Å²) < 4.78 is 12.7. The van der Waals surface area contributed by atoms with Crippen molar-refractivity contribution < 1.29 is 9.18 Å². The van der Waals surface area contributed by atoms with Crippen LogP contribution >= 0.6 is 11.6 Å². The van der Waals surface area contributed by atoms with Gasteiger partial charge in [-0.15, -0.1) is 0 Å². The number of ketones is 1. The van der Waals surface area contributed by atoms with E-state index < -0.39 is 5.82 Å². The van der Waals surface area contributed by atoms with Gasteiger partial charge in [0.15, 0.2) is 5.78 Å². The number of hydrogen-bond acceptors (Lipinski definition) is 2. The molecule has 0 saturated heterocycles. The summed E-state index contributed by atoms with van der Waals surface area (Å²) in [4.78, 5) is 12.1. The number of rotatable bonds is 2. The average molecular weight is 250 g/mol. The smallest absolute Gasteiger partial charge is 0.196 e. The zero-order valence-electron chi connectivity index (χ0n) is 8.78. The first kappa shape index (κ1) is 11.6. The topological polar surface area (TPSA) is 43.1 Å². The van der Waals surface area contributed by atoms with Crippen LogP contribution in [0.15, 0.2) is 42.5 Å². The summed E-state index contributed by atoms with van der Waals surface area (Å²) in [6, 6.07) is 10.1. The average Bonchev–Trinajstić information content (AvgIpc) is 2.29. The molecule has 17 heavy (non-hydrogen) atoms. The second kappa shape index (κ2) is 4.55. The SMILES string of the molecule is Nc1cccc(Cl)c1C(=O)c1ccc(F)cc1. The Morgan fingerprint density at radius 3 is 2.35 bits per heavy atom. The number of anilines is 1. The summed E-state index contributed by atoms with van der Waals surface area (Å²) >= 11 is 5.93. The van der Waals surface area contributed by atoms with E-state index in [1.807, 2.05) is 0 Å². The minimum atomic E-state index is -0.395. The predicted octanol–water partition coefficient (Wildman–Crippen LogP) is 3.29. The highest BCUT2D eigenvalue weighted by molar-refractivity contribution is 6.35. The molecule has 0 aliphatic carbocycles. The van der Waals surface area contributed by atoms with E-state index in [4.69, 9.17) is 17.3 Å². The molecular formula is C13H9ClFNO. The normalized spacial score (nSPS) is 10.2. The molecule has 86 valence electrons. The third-order valence-electron chi connectivity index (χ3n) is 2.38. The molecule has 0 bridgehead atoms. The largest absolute Gasteiger partial charge is 0.398 e. The fraction of sp³-hybridized carbons (Fsp3) is 0. The first-order valence-electron chi connectivity index (χ1n) is 4.94. The van der Waals surface area contributed by atoms with Gasteiger partial charge in [0.25, 0.3) is 0 Å². The van der Waals surface area contributed by atoms with Crippen molar-refractivity contribution in [2.45, 2.75) is 0 Å². The highest BCUT2D eigenvalue weighted by Crippen LogP contribution is 2.24. The summed E-state index contributed by atoms with van der Waals surface area (Å²) in [6.45, 7) is 0. The quantitative estimate of drug-likeness (QED) is 0.656. The van der Waals surface area contributed by atoms with Gasteiger partial charge >= 0.3 is 0 Å². The van der Waals surface area contributed by atoms with E-state index in [2.05, 4.69) is 0 Å². The number of benzene rings is 2. The third-order valence-corrected chi connectivity index (χ3v) is 2.69. The predicted molar refractivity (Wildman–Crippen MR) is 65.7 cm³/mol. The van der Waals surface area contributed by atoms with Crippen LogP contribution in [0.2, 0.25) is 5.02 Å². The Kier molecular flexibility index (Phi) is 3.11. The molecule has 2 aromatic rings. The van der Waals surface area contributed by atoms with Gasteiger partial charge in [0.2, 0.25) is 0 Å². The first-order chi connectivity index (χ1) is 8.09. The van der Waals surface area contributed by atoms with Crippen LogP contribution in [-0.2, 0) is 0 Å². The molecule has 2 nitrogen and oxygen atoms in total. The fourth-order valence-electron chi connectivity index (χ4n) is 1.53. The lowest BCUT2D eigenvalue weighted by Crippen LogP contribution is -2.06. The van der Waals surface area contributed by atoms with Crippen LogP contribution in [0, 0.1) is 5.82 Å². The minimum Gasteiger partial charge on any atom is -0.398 e. The first-order valence-corrected chi connectivity index (χ1v) is 5.31. The van der Waals surface area contributed by atoms with Gasteiger partial charge in [-0.05, 0) is 36.4 Å². The molecular weight excluding hydrogens is 241 g/mol. The van der Waals surface area contributed by atoms with Crippen molar-refractivity contribution >= 4 is 23.1 Å². The number of carbonyl (C=O) groups is 1. The molecule has 0 heterocycles. The molecule has 2 rings (SSSR count). The van der Waals surface area contributed by atoms with Crippen LogP contribution in [0.25, 0.3) is 0 Å². The van der Waals surface area contributed by atoms with Crippen molar-refractivity contribution in [3.63, 3.8) is 0 Å².